The van der Waals surface area contributed by atoms with E-state index in [1.807, 2.05) is 0 Å². The molecule has 0 radical (unpaired) electrons. The van der Waals surface area contributed by atoms with Gasteiger partial charge in [0.1, 0.15) is 5.84 Å². The Labute approximate surface area is 98.4 Å². The summed E-state index contributed by atoms with van der Waals surface area (Å²) in [4.78, 5) is 7.38. The van der Waals surface area contributed by atoms with Gasteiger partial charge in [-0.15, -0.1) is 0 Å². The van der Waals surface area contributed by atoms with Crippen LogP contribution in [0.2, 0.25) is 0 Å². The SMILES string of the molecule is CC(C)C1=CCC2=NCC3CCCC3CN12. The molecule has 0 aromatic heterocycles. The largest absolute Gasteiger partial charge is 0.333 e. The third-order valence-corrected chi connectivity index (χ3v) is 4.45. The highest BCUT2D eigenvalue weighted by atomic mass is 15.2. The lowest BCUT2D eigenvalue weighted by Crippen LogP contribution is -2.31. The first-order valence-corrected chi connectivity index (χ1v) is 6.76. The summed E-state index contributed by atoms with van der Waals surface area (Å²) < 4.78 is 0. The second-order valence-electron chi connectivity index (χ2n) is 5.81. The van der Waals surface area contributed by atoms with Crippen molar-refractivity contribution in [2.24, 2.45) is 22.7 Å². The third-order valence-electron chi connectivity index (χ3n) is 4.45. The molecule has 0 spiro atoms. The molecule has 1 fully saturated rings. The Bertz CT molecular complexity index is 341. The van der Waals surface area contributed by atoms with E-state index in [2.05, 4.69) is 24.8 Å². The molecule has 16 heavy (non-hydrogen) atoms. The Morgan fingerprint density at radius 3 is 2.94 bits per heavy atom. The molecule has 2 heterocycles. The lowest BCUT2D eigenvalue weighted by atomic mass is 9.95. The van der Waals surface area contributed by atoms with E-state index >= 15 is 0 Å². The van der Waals surface area contributed by atoms with Gasteiger partial charge in [-0.3, -0.25) is 4.99 Å². The number of allylic oxidation sites excluding steroid dienone is 1. The molecule has 2 heteroatoms. The molecule has 3 aliphatic rings. The standard InChI is InChI=1S/C14H22N2/c1-10(2)13-6-7-14-15-8-11-4-3-5-12(11)9-16(13)14/h6,10-12H,3-5,7-9H2,1-2H3. The fourth-order valence-electron chi connectivity index (χ4n) is 3.52. The number of amidine groups is 1. The number of nitrogens with zero attached hydrogens (tertiary/aromatic N) is 2. The van der Waals surface area contributed by atoms with Crippen molar-refractivity contribution < 1.29 is 0 Å². The molecule has 0 N–H and O–H groups in total. The van der Waals surface area contributed by atoms with Crippen molar-refractivity contribution in [3.8, 4) is 0 Å². The summed E-state index contributed by atoms with van der Waals surface area (Å²) in [6.45, 7) is 6.93. The lowest BCUT2D eigenvalue weighted by Gasteiger charge is -2.27. The zero-order valence-electron chi connectivity index (χ0n) is 10.4. The van der Waals surface area contributed by atoms with Crippen molar-refractivity contribution in [2.75, 3.05) is 13.1 Å². The minimum absolute atomic E-state index is 0.644. The highest BCUT2D eigenvalue weighted by Gasteiger charge is 2.35. The van der Waals surface area contributed by atoms with Crippen molar-refractivity contribution in [3.63, 3.8) is 0 Å². The maximum absolute atomic E-state index is 4.85. The van der Waals surface area contributed by atoms with Gasteiger partial charge in [0, 0.05) is 25.2 Å². The number of hydrogen-bond acceptors (Lipinski definition) is 2. The van der Waals surface area contributed by atoms with E-state index in [4.69, 9.17) is 4.99 Å². The van der Waals surface area contributed by atoms with Gasteiger partial charge >= 0.3 is 0 Å². The van der Waals surface area contributed by atoms with Gasteiger partial charge in [-0.1, -0.05) is 26.3 Å². The molecule has 0 bridgehead atoms. The van der Waals surface area contributed by atoms with Crippen LogP contribution in [0.1, 0.15) is 39.5 Å². The second-order valence-corrected chi connectivity index (χ2v) is 5.81. The van der Waals surface area contributed by atoms with Gasteiger partial charge in [0.25, 0.3) is 0 Å². The highest BCUT2D eigenvalue weighted by molar-refractivity contribution is 5.88. The molecule has 88 valence electrons. The molecule has 2 atom stereocenters. The van der Waals surface area contributed by atoms with Crippen LogP contribution in [-0.2, 0) is 0 Å². The summed E-state index contributed by atoms with van der Waals surface area (Å²) in [7, 11) is 0. The minimum atomic E-state index is 0.644. The van der Waals surface area contributed by atoms with E-state index in [-0.39, 0.29) is 0 Å². The van der Waals surface area contributed by atoms with E-state index < -0.39 is 0 Å². The van der Waals surface area contributed by atoms with E-state index in [9.17, 15) is 0 Å². The van der Waals surface area contributed by atoms with Gasteiger partial charge in [-0.05, 0) is 30.6 Å². The summed E-state index contributed by atoms with van der Waals surface area (Å²) in [6, 6.07) is 0. The van der Waals surface area contributed by atoms with Crippen LogP contribution in [0.4, 0.5) is 0 Å². The van der Waals surface area contributed by atoms with Crippen LogP contribution in [0.5, 0.6) is 0 Å². The fourth-order valence-corrected chi connectivity index (χ4v) is 3.52. The van der Waals surface area contributed by atoms with Gasteiger partial charge in [0.05, 0.1) is 0 Å². The molecule has 3 rings (SSSR count). The number of rotatable bonds is 1. The lowest BCUT2D eigenvalue weighted by molar-refractivity contribution is 0.327. The molecule has 1 aliphatic carbocycles. The predicted octanol–water partition coefficient (Wildman–Crippen LogP) is 3.06. The topological polar surface area (TPSA) is 15.6 Å². The Kier molecular flexibility index (Phi) is 2.53. The Morgan fingerprint density at radius 1 is 1.31 bits per heavy atom. The number of hydrogen-bond donors (Lipinski definition) is 0. The minimum Gasteiger partial charge on any atom is -0.333 e. The van der Waals surface area contributed by atoms with Crippen molar-refractivity contribution in [2.45, 2.75) is 39.5 Å². The van der Waals surface area contributed by atoms with Gasteiger partial charge in [0.2, 0.25) is 0 Å². The molecule has 2 aliphatic heterocycles. The molecular formula is C14H22N2. The Balaban J connectivity index is 1.84. The fraction of sp³-hybridized carbons (Fsp3) is 0.786. The molecule has 2 unspecified atom stereocenters. The average Bonchev–Trinajstić information content (AvgIpc) is 2.81. The molecule has 0 saturated heterocycles. The summed E-state index contributed by atoms with van der Waals surface area (Å²) in [5.41, 5.74) is 1.52. The van der Waals surface area contributed by atoms with Gasteiger partial charge in [0.15, 0.2) is 0 Å². The van der Waals surface area contributed by atoms with Crippen LogP contribution < -0.4 is 0 Å². The zero-order valence-corrected chi connectivity index (χ0v) is 10.4. The van der Waals surface area contributed by atoms with Crippen molar-refractivity contribution in [3.05, 3.63) is 11.8 Å². The molecule has 1 saturated carbocycles. The molecule has 0 aromatic rings. The highest BCUT2D eigenvalue weighted by Crippen LogP contribution is 2.37. The van der Waals surface area contributed by atoms with E-state index in [0.717, 1.165) is 24.8 Å². The molecule has 0 aromatic carbocycles. The average molecular weight is 218 g/mol. The van der Waals surface area contributed by atoms with Gasteiger partial charge < -0.3 is 4.90 Å². The Hall–Kier alpha value is -0.790. The first-order chi connectivity index (χ1) is 7.75. The van der Waals surface area contributed by atoms with Crippen LogP contribution in [0.3, 0.4) is 0 Å². The monoisotopic (exact) mass is 218 g/mol. The predicted molar refractivity (Wildman–Crippen MR) is 67.4 cm³/mol. The number of fused-ring (bicyclic) bond motifs is 2. The summed E-state index contributed by atoms with van der Waals surface area (Å²) in [5, 5.41) is 0. The van der Waals surface area contributed by atoms with Crippen molar-refractivity contribution in [1.82, 2.24) is 4.90 Å². The summed E-state index contributed by atoms with van der Waals surface area (Å²) in [6.07, 6.45) is 7.73. The maximum Gasteiger partial charge on any atom is 0.107 e. The van der Waals surface area contributed by atoms with Crippen molar-refractivity contribution >= 4 is 5.84 Å². The smallest absolute Gasteiger partial charge is 0.107 e. The molecule has 2 nitrogen and oxygen atoms in total. The zero-order chi connectivity index (χ0) is 11.1. The first kappa shape index (κ1) is 10.4. The van der Waals surface area contributed by atoms with Crippen LogP contribution in [0, 0.1) is 17.8 Å². The normalized spacial score (nSPS) is 33.3. The summed E-state index contributed by atoms with van der Waals surface area (Å²) in [5.74, 6) is 3.77. The van der Waals surface area contributed by atoms with Crippen LogP contribution in [0.25, 0.3) is 0 Å². The van der Waals surface area contributed by atoms with Crippen molar-refractivity contribution in [1.29, 1.82) is 0 Å². The maximum atomic E-state index is 4.85. The van der Waals surface area contributed by atoms with Crippen LogP contribution >= 0.6 is 0 Å². The van der Waals surface area contributed by atoms with Crippen LogP contribution in [-0.4, -0.2) is 23.8 Å². The van der Waals surface area contributed by atoms with E-state index in [1.54, 1.807) is 0 Å². The molecular weight excluding hydrogens is 196 g/mol. The molecule has 0 amide bonds. The van der Waals surface area contributed by atoms with Crippen LogP contribution in [0.15, 0.2) is 16.8 Å². The second kappa shape index (κ2) is 3.90. The van der Waals surface area contributed by atoms with Gasteiger partial charge in [-0.2, -0.15) is 0 Å². The quantitative estimate of drug-likeness (QED) is 0.660. The Morgan fingerprint density at radius 2 is 2.12 bits per heavy atom. The third kappa shape index (κ3) is 1.59. The summed E-state index contributed by atoms with van der Waals surface area (Å²) >= 11 is 0. The number of aliphatic imine (C=N–C) groups is 1. The van der Waals surface area contributed by atoms with E-state index in [0.29, 0.717) is 5.92 Å². The van der Waals surface area contributed by atoms with E-state index in [1.165, 1.54) is 37.3 Å². The van der Waals surface area contributed by atoms with Gasteiger partial charge in [-0.25, -0.2) is 0 Å². The first-order valence-electron chi connectivity index (χ1n) is 6.76.